The molecule has 0 atom stereocenters. The van der Waals surface area contributed by atoms with Crippen LogP contribution in [0.2, 0.25) is 0 Å². The molecular weight excluding hydrogens is 560 g/mol. The Hall–Kier alpha value is -4.63. The Balaban J connectivity index is 1.25. The number of sulfonamides is 1. The first-order chi connectivity index (χ1) is 20.4. The van der Waals surface area contributed by atoms with Gasteiger partial charge in [-0.05, 0) is 41.5 Å². The third kappa shape index (κ3) is 5.87. The Morgan fingerprint density at radius 3 is 2.60 bits per heavy atom. The van der Waals surface area contributed by atoms with E-state index >= 15 is 4.39 Å². The number of fused-ring (bicyclic) bond motifs is 1. The summed E-state index contributed by atoms with van der Waals surface area (Å²) in [4.78, 5) is 13.5. The fraction of sp³-hybridized carbons (Fsp3) is 0.161. The van der Waals surface area contributed by atoms with Gasteiger partial charge in [-0.1, -0.05) is 36.1 Å². The Labute approximate surface area is 241 Å². The van der Waals surface area contributed by atoms with E-state index in [1.807, 2.05) is 6.20 Å². The molecule has 0 aliphatic carbocycles. The highest BCUT2D eigenvalue weighted by molar-refractivity contribution is 7.92. The van der Waals surface area contributed by atoms with Crippen molar-refractivity contribution in [2.45, 2.75) is 11.4 Å². The topological polar surface area (TPSA) is 100 Å². The largest absolute Gasteiger partial charge is 0.379 e. The fourth-order valence-electron chi connectivity index (χ4n) is 4.71. The Kier molecular flexibility index (Phi) is 7.67. The van der Waals surface area contributed by atoms with Gasteiger partial charge in [0, 0.05) is 60.9 Å². The lowest BCUT2D eigenvalue weighted by molar-refractivity contribution is 0.0342. The van der Waals surface area contributed by atoms with E-state index in [2.05, 4.69) is 60.7 Å². The summed E-state index contributed by atoms with van der Waals surface area (Å²) in [6.45, 7) is 4.19. The Morgan fingerprint density at radius 2 is 1.83 bits per heavy atom. The van der Waals surface area contributed by atoms with E-state index < -0.39 is 32.9 Å². The van der Waals surface area contributed by atoms with E-state index in [4.69, 9.17) is 4.74 Å². The monoisotopic (exact) mass is 585 g/mol. The van der Waals surface area contributed by atoms with Crippen molar-refractivity contribution in [1.82, 2.24) is 19.9 Å². The number of hydrogen-bond donors (Lipinski definition) is 2. The summed E-state index contributed by atoms with van der Waals surface area (Å²) >= 11 is 0. The average molecular weight is 586 g/mol. The molecule has 11 heteroatoms. The lowest BCUT2D eigenvalue weighted by atomic mass is 10.0. The van der Waals surface area contributed by atoms with Crippen molar-refractivity contribution in [3.05, 3.63) is 108 Å². The highest BCUT2D eigenvalue weighted by atomic mass is 32.2. The van der Waals surface area contributed by atoms with Crippen LogP contribution >= 0.6 is 0 Å². The van der Waals surface area contributed by atoms with Crippen LogP contribution in [0.3, 0.4) is 0 Å². The molecule has 1 saturated heterocycles. The van der Waals surface area contributed by atoms with Gasteiger partial charge in [0.05, 0.1) is 24.5 Å². The van der Waals surface area contributed by atoms with E-state index in [-0.39, 0.29) is 4.90 Å². The van der Waals surface area contributed by atoms with Crippen LogP contribution in [0.1, 0.15) is 16.7 Å². The molecular formula is C31H25F2N5O3S. The Morgan fingerprint density at radius 1 is 1.02 bits per heavy atom. The molecule has 1 aliphatic rings. The van der Waals surface area contributed by atoms with E-state index in [9.17, 15) is 12.8 Å². The molecule has 2 N–H and O–H groups in total. The first kappa shape index (κ1) is 27.5. The van der Waals surface area contributed by atoms with E-state index in [0.29, 0.717) is 11.2 Å². The molecule has 1 fully saturated rings. The molecule has 42 heavy (non-hydrogen) atoms. The first-order valence-electron chi connectivity index (χ1n) is 13.2. The highest BCUT2D eigenvalue weighted by Gasteiger charge is 2.19. The lowest BCUT2D eigenvalue weighted by Crippen LogP contribution is -2.35. The second-order valence-electron chi connectivity index (χ2n) is 9.74. The van der Waals surface area contributed by atoms with E-state index in [1.165, 1.54) is 30.1 Å². The van der Waals surface area contributed by atoms with Crippen LogP contribution in [0.4, 0.5) is 14.5 Å². The number of nitrogens with one attached hydrogen (secondary N) is 2. The average Bonchev–Trinajstić information content (AvgIpc) is 3.43. The van der Waals surface area contributed by atoms with Gasteiger partial charge in [0.1, 0.15) is 16.4 Å². The number of rotatable bonds is 6. The number of pyridine rings is 2. The quantitative estimate of drug-likeness (QED) is 0.274. The van der Waals surface area contributed by atoms with Crippen molar-refractivity contribution in [2.24, 2.45) is 0 Å². The van der Waals surface area contributed by atoms with Gasteiger partial charge in [0.15, 0.2) is 5.82 Å². The van der Waals surface area contributed by atoms with Crippen molar-refractivity contribution < 1.29 is 21.9 Å². The number of anilines is 1. The maximum absolute atomic E-state index is 15.2. The zero-order valence-corrected chi connectivity index (χ0v) is 23.1. The van der Waals surface area contributed by atoms with Crippen molar-refractivity contribution in [3.8, 4) is 23.0 Å². The highest BCUT2D eigenvalue weighted by Crippen LogP contribution is 2.29. The van der Waals surface area contributed by atoms with E-state index in [0.717, 1.165) is 67.7 Å². The van der Waals surface area contributed by atoms with Crippen molar-refractivity contribution in [3.63, 3.8) is 0 Å². The second-order valence-corrected chi connectivity index (χ2v) is 11.4. The summed E-state index contributed by atoms with van der Waals surface area (Å²) in [7, 11) is -4.14. The minimum Gasteiger partial charge on any atom is -0.379 e. The molecule has 2 aromatic carbocycles. The van der Waals surface area contributed by atoms with Crippen molar-refractivity contribution in [1.29, 1.82) is 0 Å². The molecule has 1 aliphatic heterocycles. The maximum Gasteiger partial charge on any atom is 0.263 e. The number of aromatic amines is 1. The van der Waals surface area contributed by atoms with Crippen LogP contribution in [0.15, 0.2) is 84.3 Å². The molecule has 3 aromatic heterocycles. The fourth-order valence-corrected chi connectivity index (χ4v) is 5.73. The van der Waals surface area contributed by atoms with Crippen LogP contribution in [0.5, 0.6) is 0 Å². The summed E-state index contributed by atoms with van der Waals surface area (Å²) < 4.78 is 62.6. The molecule has 8 nitrogen and oxygen atoms in total. The van der Waals surface area contributed by atoms with Gasteiger partial charge in [-0.25, -0.2) is 22.2 Å². The number of aromatic nitrogens is 3. The second kappa shape index (κ2) is 11.7. The molecule has 0 radical (unpaired) electrons. The standard InChI is InChI=1S/C31H25F2N5O3S/c32-28-9-10-29(37-42(39,40)24-2-1-11-34-18-24)30(33)25(28)8-5-22-16-26-27(19-36-31(26)35-17-22)23-6-3-21(4-7-23)20-38-12-14-41-15-13-38/h1-4,6-7,9-11,16-19,37H,12-15,20H2,(H,35,36). The molecule has 0 spiro atoms. The Bertz CT molecular complexity index is 1910. The predicted molar refractivity (Wildman–Crippen MR) is 155 cm³/mol. The number of morpholine rings is 1. The third-order valence-corrected chi connectivity index (χ3v) is 8.27. The zero-order valence-electron chi connectivity index (χ0n) is 22.3. The molecule has 0 bridgehead atoms. The normalized spacial score (nSPS) is 14.0. The minimum atomic E-state index is -4.14. The zero-order chi connectivity index (χ0) is 29.1. The SMILES string of the molecule is O=S(=O)(Nc1ccc(F)c(C#Cc2cnc3[nH]cc(-c4ccc(CN5CCOCC5)cc4)c3c2)c1F)c1cccnc1. The summed E-state index contributed by atoms with van der Waals surface area (Å²) in [6.07, 6.45) is 5.91. The van der Waals surface area contributed by atoms with Crippen LogP contribution in [-0.2, 0) is 21.3 Å². The molecule has 0 unspecified atom stereocenters. The maximum atomic E-state index is 15.2. The number of benzene rings is 2. The molecule has 5 aromatic rings. The van der Waals surface area contributed by atoms with Gasteiger partial charge in [0.2, 0.25) is 0 Å². The van der Waals surface area contributed by atoms with Gasteiger partial charge in [-0.15, -0.1) is 0 Å². The van der Waals surface area contributed by atoms with Gasteiger partial charge >= 0.3 is 0 Å². The smallest absolute Gasteiger partial charge is 0.263 e. The number of hydrogen-bond acceptors (Lipinski definition) is 6. The third-order valence-electron chi connectivity index (χ3n) is 6.92. The van der Waals surface area contributed by atoms with Gasteiger partial charge < -0.3 is 9.72 Å². The van der Waals surface area contributed by atoms with Gasteiger partial charge in [0.25, 0.3) is 10.0 Å². The van der Waals surface area contributed by atoms with Crippen LogP contribution in [-0.4, -0.2) is 54.6 Å². The van der Waals surface area contributed by atoms with Crippen molar-refractivity contribution >= 4 is 26.7 Å². The lowest BCUT2D eigenvalue weighted by Gasteiger charge is -2.26. The summed E-state index contributed by atoms with van der Waals surface area (Å²) in [5, 5.41) is 0.807. The summed E-state index contributed by atoms with van der Waals surface area (Å²) in [5.74, 6) is 3.24. The van der Waals surface area contributed by atoms with Crippen LogP contribution in [0.25, 0.3) is 22.2 Å². The molecule has 0 amide bonds. The number of halogens is 2. The first-order valence-corrected chi connectivity index (χ1v) is 14.6. The van der Waals surface area contributed by atoms with E-state index in [1.54, 1.807) is 6.07 Å². The number of H-pyrrole nitrogens is 1. The minimum absolute atomic E-state index is 0.158. The van der Waals surface area contributed by atoms with Crippen molar-refractivity contribution in [2.75, 3.05) is 31.0 Å². The summed E-state index contributed by atoms with van der Waals surface area (Å²) in [5.41, 5.74) is 3.21. The summed E-state index contributed by atoms with van der Waals surface area (Å²) in [6, 6.07) is 14.8. The predicted octanol–water partition coefficient (Wildman–Crippen LogP) is 4.94. The number of nitrogens with zero attached hydrogens (tertiary/aromatic N) is 3. The molecule has 6 rings (SSSR count). The number of ether oxygens (including phenoxy) is 1. The van der Waals surface area contributed by atoms with Gasteiger partial charge in [-0.3, -0.25) is 14.6 Å². The molecule has 4 heterocycles. The van der Waals surface area contributed by atoms with Crippen LogP contribution < -0.4 is 4.72 Å². The van der Waals surface area contributed by atoms with Crippen LogP contribution in [0, 0.1) is 23.5 Å². The van der Waals surface area contributed by atoms with Gasteiger partial charge in [-0.2, -0.15) is 0 Å². The molecule has 212 valence electrons. The molecule has 0 saturated carbocycles.